The summed E-state index contributed by atoms with van der Waals surface area (Å²) in [6.45, 7) is 8.02. The molecule has 1 aromatic rings. The molecule has 0 saturated carbocycles. The van der Waals surface area contributed by atoms with Crippen molar-refractivity contribution in [2.45, 2.75) is 33.4 Å². The molecule has 1 atom stereocenters. The highest BCUT2D eigenvalue weighted by Gasteiger charge is 2.16. The van der Waals surface area contributed by atoms with Gasteiger partial charge in [0, 0.05) is 11.3 Å². The molecule has 0 fully saturated rings. The second-order valence-corrected chi connectivity index (χ2v) is 4.46. The number of nitrogens with one attached hydrogen (secondary N) is 2. The summed E-state index contributed by atoms with van der Waals surface area (Å²) >= 11 is 0. The zero-order valence-electron chi connectivity index (χ0n) is 12.3. The van der Waals surface area contributed by atoms with Crippen molar-refractivity contribution in [2.24, 2.45) is 0 Å². The molecule has 2 N–H and O–H groups in total. The number of benzene rings is 1. The molecule has 5 heteroatoms. The number of nitrogens with zero attached hydrogens (tertiary/aromatic N) is 1. The number of rotatable bonds is 8. The van der Waals surface area contributed by atoms with Crippen LogP contribution >= 0.6 is 0 Å². The van der Waals surface area contributed by atoms with Gasteiger partial charge >= 0.3 is 0 Å². The molecule has 20 heavy (non-hydrogen) atoms. The van der Waals surface area contributed by atoms with Gasteiger partial charge in [-0.2, -0.15) is 0 Å². The van der Waals surface area contributed by atoms with Gasteiger partial charge in [0.15, 0.2) is 0 Å². The van der Waals surface area contributed by atoms with Gasteiger partial charge in [0.1, 0.15) is 0 Å². The molecule has 0 spiro atoms. The Morgan fingerprint density at radius 3 is 2.25 bits per heavy atom. The summed E-state index contributed by atoms with van der Waals surface area (Å²) < 4.78 is 0. The predicted octanol–water partition coefficient (Wildman–Crippen LogP) is 2.06. The molecule has 0 bridgehead atoms. The highest BCUT2D eigenvalue weighted by Crippen LogP contribution is 2.09. The SMILES string of the molecule is CCC(NC(=O)c1ccc(NC=O)cc1)N(CC)CC. The third-order valence-electron chi connectivity index (χ3n) is 3.31. The number of hydrogen-bond acceptors (Lipinski definition) is 3. The molecule has 1 aromatic carbocycles. The van der Waals surface area contributed by atoms with E-state index in [9.17, 15) is 9.59 Å². The number of carbonyl (C=O) groups is 2. The molecule has 0 radical (unpaired) electrons. The first kappa shape index (κ1) is 16.2. The van der Waals surface area contributed by atoms with Crippen molar-refractivity contribution in [1.82, 2.24) is 10.2 Å². The van der Waals surface area contributed by atoms with Crippen molar-refractivity contribution in [3.05, 3.63) is 29.8 Å². The van der Waals surface area contributed by atoms with Crippen LogP contribution in [0.4, 0.5) is 5.69 Å². The fourth-order valence-electron chi connectivity index (χ4n) is 2.14. The third-order valence-corrected chi connectivity index (χ3v) is 3.31. The Hall–Kier alpha value is -1.88. The van der Waals surface area contributed by atoms with Crippen molar-refractivity contribution in [2.75, 3.05) is 18.4 Å². The molecule has 1 rings (SSSR count). The second-order valence-electron chi connectivity index (χ2n) is 4.46. The van der Waals surface area contributed by atoms with Crippen molar-refractivity contribution < 1.29 is 9.59 Å². The lowest BCUT2D eigenvalue weighted by Gasteiger charge is -2.29. The first-order valence-corrected chi connectivity index (χ1v) is 7.01. The van der Waals surface area contributed by atoms with Gasteiger partial charge in [0.05, 0.1) is 6.17 Å². The summed E-state index contributed by atoms with van der Waals surface area (Å²) in [6.07, 6.45) is 1.52. The molecule has 0 aliphatic heterocycles. The average molecular weight is 277 g/mol. The van der Waals surface area contributed by atoms with Gasteiger partial charge in [0.2, 0.25) is 6.41 Å². The van der Waals surface area contributed by atoms with Crippen LogP contribution in [0.25, 0.3) is 0 Å². The molecule has 0 saturated heterocycles. The molecular formula is C15H23N3O2. The standard InChI is InChI=1S/C15H23N3O2/c1-4-14(18(5-2)6-3)17-15(20)12-7-9-13(10-8-12)16-11-19/h7-11,14H,4-6H2,1-3H3,(H,16,19)(H,17,20). The predicted molar refractivity (Wildman–Crippen MR) is 80.6 cm³/mol. The Morgan fingerprint density at radius 2 is 1.80 bits per heavy atom. The lowest BCUT2D eigenvalue weighted by atomic mass is 10.2. The van der Waals surface area contributed by atoms with E-state index in [1.807, 2.05) is 0 Å². The lowest BCUT2D eigenvalue weighted by molar-refractivity contribution is -0.105. The van der Waals surface area contributed by atoms with E-state index in [-0.39, 0.29) is 12.1 Å². The van der Waals surface area contributed by atoms with Crippen molar-refractivity contribution in [1.29, 1.82) is 0 Å². The normalized spacial score (nSPS) is 12.0. The maximum absolute atomic E-state index is 12.2. The third kappa shape index (κ3) is 4.35. The molecule has 0 aliphatic carbocycles. The van der Waals surface area contributed by atoms with Crippen LogP contribution in [-0.4, -0.2) is 36.5 Å². The minimum atomic E-state index is -0.0959. The van der Waals surface area contributed by atoms with E-state index in [2.05, 4.69) is 36.3 Å². The zero-order valence-corrected chi connectivity index (χ0v) is 12.3. The second kappa shape index (κ2) is 8.32. The Labute approximate surface area is 120 Å². The van der Waals surface area contributed by atoms with Crippen LogP contribution in [0.5, 0.6) is 0 Å². The molecule has 110 valence electrons. The van der Waals surface area contributed by atoms with E-state index in [0.29, 0.717) is 17.7 Å². The Morgan fingerprint density at radius 1 is 1.20 bits per heavy atom. The van der Waals surface area contributed by atoms with Crippen LogP contribution in [0.2, 0.25) is 0 Å². The van der Waals surface area contributed by atoms with Gasteiger partial charge in [0.25, 0.3) is 5.91 Å². The van der Waals surface area contributed by atoms with Crippen molar-refractivity contribution >= 4 is 18.0 Å². The van der Waals surface area contributed by atoms with Crippen LogP contribution in [0.15, 0.2) is 24.3 Å². The minimum Gasteiger partial charge on any atom is -0.337 e. The van der Waals surface area contributed by atoms with E-state index in [0.717, 1.165) is 19.5 Å². The van der Waals surface area contributed by atoms with E-state index < -0.39 is 0 Å². The van der Waals surface area contributed by atoms with E-state index in [4.69, 9.17) is 0 Å². The smallest absolute Gasteiger partial charge is 0.252 e. The summed E-state index contributed by atoms with van der Waals surface area (Å²) in [7, 11) is 0. The number of carbonyl (C=O) groups excluding carboxylic acids is 2. The molecule has 2 amide bonds. The van der Waals surface area contributed by atoms with Gasteiger partial charge in [-0.25, -0.2) is 0 Å². The fourth-order valence-corrected chi connectivity index (χ4v) is 2.14. The topological polar surface area (TPSA) is 61.4 Å². The summed E-state index contributed by atoms with van der Waals surface area (Å²) in [5.41, 5.74) is 1.26. The van der Waals surface area contributed by atoms with E-state index in [1.54, 1.807) is 24.3 Å². The average Bonchev–Trinajstić information content (AvgIpc) is 2.48. The van der Waals surface area contributed by atoms with Crippen molar-refractivity contribution in [3.8, 4) is 0 Å². The first-order chi connectivity index (χ1) is 9.65. The fraction of sp³-hybridized carbons (Fsp3) is 0.467. The van der Waals surface area contributed by atoms with Crippen LogP contribution in [0.3, 0.4) is 0 Å². The quantitative estimate of drug-likeness (QED) is 0.565. The first-order valence-electron chi connectivity index (χ1n) is 7.01. The zero-order chi connectivity index (χ0) is 15.0. The number of amides is 2. The molecule has 0 aromatic heterocycles. The van der Waals surface area contributed by atoms with Crippen LogP contribution < -0.4 is 10.6 Å². The highest BCUT2D eigenvalue weighted by atomic mass is 16.2. The van der Waals surface area contributed by atoms with E-state index >= 15 is 0 Å². The molecule has 0 heterocycles. The number of anilines is 1. The Kier molecular flexibility index (Phi) is 6.73. The molecule has 1 unspecified atom stereocenters. The molecular weight excluding hydrogens is 254 g/mol. The van der Waals surface area contributed by atoms with E-state index in [1.165, 1.54) is 0 Å². The molecule has 0 aliphatic rings. The minimum absolute atomic E-state index is 0.0466. The number of hydrogen-bond donors (Lipinski definition) is 2. The van der Waals surface area contributed by atoms with Crippen molar-refractivity contribution in [3.63, 3.8) is 0 Å². The summed E-state index contributed by atoms with van der Waals surface area (Å²) in [6, 6.07) is 6.83. The summed E-state index contributed by atoms with van der Waals surface area (Å²) in [4.78, 5) is 24.7. The molecule has 5 nitrogen and oxygen atoms in total. The maximum atomic E-state index is 12.2. The Bertz CT molecular complexity index is 427. The highest BCUT2D eigenvalue weighted by molar-refractivity contribution is 5.94. The van der Waals surface area contributed by atoms with Gasteiger partial charge in [-0.05, 0) is 43.8 Å². The summed E-state index contributed by atoms with van der Waals surface area (Å²) in [5.74, 6) is -0.0959. The largest absolute Gasteiger partial charge is 0.337 e. The summed E-state index contributed by atoms with van der Waals surface area (Å²) in [5, 5.41) is 5.58. The van der Waals surface area contributed by atoms with Crippen LogP contribution in [-0.2, 0) is 4.79 Å². The maximum Gasteiger partial charge on any atom is 0.252 e. The van der Waals surface area contributed by atoms with Gasteiger partial charge in [-0.3, -0.25) is 14.5 Å². The Balaban J connectivity index is 2.71. The van der Waals surface area contributed by atoms with Crippen LogP contribution in [0, 0.1) is 0 Å². The van der Waals surface area contributed by atoms with Gasteiger partial charge < -0.3 is 10.6 Å². The van der Waals surface area contributed by atoms with Gasteiger partial charge in [-0.1, -0.05) is 20.8 Å². The van der Waals surface area contributed by atoms with Gasteiger partial charge in [-0.15, -0.1) is 0 Å². The monoisotopic (exact) mass is 277 g/mol. The lowest BCUT2D eigenvalue weighted by Crippen LogP contribution is -2.47. The van der Waals surface area contributed by atoms with Crippen LogP contribution in [0.1, 0.15) is 37.6 Å².